The molecule has 3 nitrogen and oxygen atoms in total. The maximum Gasteiger partial charge on any atom is 0.133 e. The summed E-state index contributed by atoms with van der Waals surface area (Å²) in [6, 6.07) is 13.0. The number of aryl methyl sites for hydroxylation is 1. The van der Waals surface area contributed by atoms with Crippen LogP contribution in [0.4, 0.5) is 10.2 Å². The van der Waals surface area contributed by atoms with Gasteiger partial charge in [-0.1, -0.05) is 24.3 Å². The summed E-state index contributed by atoms with van der Waals surface area (Å²) in [5.74, 6) is 0.754. The Labute approximate surface area is 134 Å². The van der Waals surface area contributed by atoms with Crippen LogP contribution >= 0.6 is 0 Å². The molecular formula is C19H18FN3. The minimum atomic E-state index is -0.229. The Morgan fingerprint density at radius 3 is 2.74 bits per heavy atom. The van der Waals surface area contributed by atoms with Gasteiger partial charge in [-0.3, -0.25) is 0 Å². The van der Waals surface area contributed by atoms with E-state index in [4.69, 9.17) is 5.10 Å². The Bertz CT molecular complexity index is 896. The van der Waals surface area contributed by atoms with E-state index >= 15 is 0 Å². The van der Waals surface area contributed by atoms with Crippen molar-refractivity contribution in [2.24, 2.45) is 0 Å². The van der Waals surface area contributed by atoms with E-state index in [1.165, 1.54) is 17.2 Å². The smallest absolute Gasteiger partial charge is 0.133 e. The minimum absolute atomic E-state index is 0.229. The SMILES string of the molecule is Cc1cccc(-n2nc(-c3ccccc3F)c3c2NCC3)c1C. The molecule has 1 aromatic heterocycles. The van der Waals surface area contributed by atoms with Gasteiger partial charge in [-0.15, -0.1) is 0 Å². The van der Waals surface area contributed by atoms with Crippen LogP contribution in [-0.2, 0) is 6.42 Å². The van der Waals surface area contributed by atoms with E-state index in [9.17, 15) is 4.39 Å². The number of benzene rings is 2. The van der Waals surface area contributed by atoms with Crippen LogP contribution in [-0.4, -0.2) is 16.3 Å². The number of halogens is 1. The third-order valence-corrected chi connectivity index (χ3v) is 4.58. The fraction of sp³-hybridized carbons (Fsp3) is 0.211. The molecule has 0 spiro atoms. The average Bonchev–Trinajstić information content (AvgIpc) is 3.13. The monoisotopic (exact) mass is 307 g/mol. The molecule has 0 amide bonds. The quantitative estimate of drug-likeness (QED) is 0.766. The van der Waals surface area contributed by atoms with Crippen molar-refractivity contribution in [3.63, 3.8) is 0 Å². The molecule has 1 aliphatic heterocycles. The molecule has 0 bridgehead atoms. The number of aromatic nitrogens is 2. The zero-order valence-electron chi connectivity index (χ0n) is 13.2. The minimum Gasteiger partial charge on any atom is -0.369 e. The molecule has 1 N–H and O–H groups in total. The largest absolute Gasteiger partial charge is 0.369 e. The fourth-order valence-corrected chi connectivity index (χ4v) is 3.18. The number of rotatable bonds is 2. The third kappa shape index (κ3) is 2.13. The van der Waals surface area contributed by atoms with Crippen molar-refractivity contribution in [1.29, 1.82) is 0 Å². The maximum absolute atomic E-state index is 14.2. The van der Waals surface area contributed by atoms with Crippen molar-refractivity contribution < 1.29 is 4.39 Å². The molecule has 4 rings (SSSR count). The molecule has 3 aromatic rings. The molecule has 23 heavy (non-hydrogen) atoms. The molecule has 0 saturated heterocycles. The molecule has 0 atom stereocenters. The van der Waals surface area contributed by atoms with Gasteiger partial charge in [-0.05, 0) is 49.6 Å². The van der Waals surface area contributed by atoms with Gasteiger partial charge in [0.2, 0.25) is 0 Å². The van der Waals surface area contributed by atoms with Crippen molar-refractivity contribution in [3.8, 4) is 16.9 Å². The lowest BCUT2D eigenvalue weighted by atomic mass is 10.1. The standard InChI is InChI=1S/C19H18FN3/c1-12-6-5-9-17(13(12)2)23-19-15(10-11-21-19)18(22-23)14-7-3-4-8-16(14)20/h3-9,21H,10-11H2,1-2H3. The number of anilines is 1. The predicted molar refractivity (Wildman–Crippen MR) is 90.6 cm³/mol. The van der Waals surface area contributed by atoms with Crippen molar-refractivity contribution in [1.82, 2.24) is 9.78 Å². The first-order chi connectivity index (χ1) is 11.2. The van der Waals surface area contributed by atoms with Gasteiger partial charge in [0.25, 0.3) is 0 Å². The van der Waals surface area contributed by atoms with E-state index < -0.39 is 0 Å². The number of nitrogens with one attached hydrogen (secondary N) is 1. The number of nitrogens with zero attached hydrogens (tertiary/aromatic N) is 2. The predicted octanol–water partition coefficient (Wildman–Crippen LogP) is 4.26. The highest BCUT2D eigenvalue weighted by molar-refractivity contribution is 5.73. The number of hydrogen-bond acceptors (Lipinski definition) is 2. The summed E-state index contributed by atoms with van der Waals surface area (Å²) in [5.41, 5.74) is 5.85. The molecule has 0 saturated carbocycles. The number of hydrogen-bond donors (Lipinski definition) is 1. The van der Waals surface area contributed by atoms with Crippen molar-refractivity contribution in [2.45, 2.75) is 20.3 Å². The zero-order valence-corrected chi connectivity index (χ0v) is 13.2. The molecule has 116 valence electrons. The summed E-state index contributed by atoms with van der Waals surface area (Å²) in [6.07, 6.45) is 0.865. The number of fused-ring (bicyclic) bond motifs is 1. The van der Waals surface area contributed by atoms with E-state index in [0.29, 0.717) is 5.56 Å². The first-order valence-electron chi connectivity index (χ1n) is 7.84. The van der Waals surface area contributed by atoms with Crippen LogP contribution < -0.4 is 5.32 Å². The fourth-order valence-electron chi connectivity index (χ4n) is 3.18. The van der Waals surface area contributed by atoms with Crippen LogP contribution in [0.1, 0.15) is 16.7 Å². The van der Waals surface area contributed by atoms with Crippen molar-refractivity contribution in [3.05, 3.63) is 65.0 Å². The van der Waals surface area contributed by atoms with Gasteiger partial charge in [0, 0.05) is 17.7 Å². The second-order valence-electron chi connectivity index (χ2n) is 5.96. The molecular weight excluding hydrogens is 289 g/mol. The Hall–Kier alpha value is -2.62. The molecule has 0 aliphatic carbocycles. The highest BCUT2D eigenvalue weighted by Gasteiger charge is 2.25. The Kier molecular flexibility index (Phi) is 3.18. The summed E-state index contributed by atoms with van der Waals surface area (Å²) in [7, 11) is 0. The Morgan fingerprint density at radius 2 is 1.91 bits per heavy atom. The second kappa shape index (κ2) is 5.23. The Morgan fingerprint density at radius 1 is 1.09 bits per heavy atom. The van der Waals surface area contributed by atoms with E-state index in [2.05, 4.69) is 31.3 Å². The van der Waals surface area contributed by atoms with Gasteiger partial charge in [-0.25, -0.2) is 9.07 Å². The van der Waals surface area contributed by atoms with Gasteiger partial charge in [0.05, 0.1) is 5.69 Å². The molecule has 2 aromatic carbocycles. The molecule has 0 fully saturated rings. The van der Waals surface area contributed by atoms with Gasteiger partial charge in [0.1, 0.15) is 17.3 Å². The lowest BCUT2D eigenvalue weighted by molar-refractivity contribution is 0.630. The van der Waals surface area contributed by atoms with Crippen LogP contribution in [0.5, 0.6) is 0 Å². The lowest BCUT2D eigenvalue weighted by Gasteiger charge is -2.11. The molecule has 0 unspecified atom stereocenters. The van der Waals surface area contributed by atoms with Gasteiger partial charge in [-0.2, -0.15) is 5.10 Å². The highest BCUT2D eigenvalue weighted by Crippen LogP contribution is 2.36. The van der Waals surface area contributed by atoms with Crippen molar-refractivity contribution >= 4 is 5.82 Å². The topological polar surface area (TPSA) is 29.9 Å². The normalized spacial score (nSPS) is 13.0. The summed E-state index contributed by atoms with van der Waals surface area (Å²) in [4.78, 5) is 0. The van der Waals surface area contributed by atoms with Crippen LogP contribution in [0, 0.1) is 19.7 Å². The van der Waals surface area contributed by atoms with E-state index in [1.807, 2.05) is 16.8 Å². The summed E-state index contributed by atoms with van der Waals surface area (Å²) in [5, 5.41) is 8.15. The van der Waals surface area contributed by atoms with Crippen LogP contribution in [0.3, 0.4) is 0 Å². The first kappa shape index (κ1) is 14.0. The highest BCUT2D eigenvalue weighted by atomic mass is 19.1. The molecule has 4 heteroatoms. The van der Waals surface area contributed by atoms with Gasteiger partial charge < -0.3 is 5.32 Å². The van der Waals surface area contributed by atoms with Crippen LogP contribution in [0.25, 0.3) is 16.9 Å². The molecule has 2 heterocycles. The van der Waals surface area contributed by atoms with Crippen molar-refractivity contribution in [2.75, 3.05) is 11.9 Å². The molecule has 1 aliphatic rings. The Balaban J connectivity index is 1.96. The average molecular weight is 307 g/mol. The summed E-state index contributed by atoms with van der Waals surface area (Å²) >= 11 is 0. The summed E-state index contributed by atoms with van der Waals surface area (Å²) in [6.45, 7) is 5.05. The second-order valence-corrected chi connectivity index (χ2v) is 5.96. The zero-order chi connectivity index (χ0) is 16.0. The van der Waals surface area contributed by atoms with Gasteiger partial charge in [0.15, 0.2) is 0 Å². The lowest BCUT2D eigenvalue weighted by Crippen LogP contribution is -2.06. The van der Waals surface area contributed by atoms with Crippen LogP contribution in [0.2, 0.25) is 0 Å². The van der Waals surface area contributed by atoms with E-state index in [-0.39, 0.29) is 5.82 Å². The van der Waals surface area contributed by atoms with Gasteiger partial charge >= 0.3 is 0 Å². The third-order valence-electron chi connectivity index (χ3n) is 4.58. The summed E-state index contributed by atoms with van der Waals surface area (Å²) < 4.78 is 16.2. The first-order valence-corrected chi connectivity index (χ1v) is 7.84. The maximum atomic E-state index is 14.2. The molecule has 0 radical (unpaired) electrons. The van der Waals surface area contributed by atoms with E-state index in [1.54, 1.807) is 12.1 Å². The van der Waals surface area contributed by atoms with E-state index in [0.717, 1.165) is 35.7 Å². The van der Waals surface area contributed by atoms with Crippen LogP contribution in [0.15, 0.2) is 42.5 Å².